The van der Waals surface area contributed by atoms with E-state index in [0.29, 0.717) is 0 Å². The highest BCUT2D eigenvalue weighted by Crippen LogP contribution is 2.59. The molecule has 0 aromatic carbocycles. The molecule has 2 heterocycles. The van der Waals surface area contributed by atoms with Gasteiger partial charge in [-0.15, -0.1) is 0 Å². The van der Waals surface area contributed by atoms with E-state index in [0.717, 1.165) is 41.5 Å². The standard InChI is InChI=1S/C18H32N2/c1-4-12(3)20-10-17-13-6-7-14(18(17)11-20)16-9-19(5-2)8-15(13)16/h12-18H,4-11H2,1-3H3. The van der Waals surface area contributed by atoms with Gasteiger partial charge in [-0.25, -0.2) is 0 Å². The van der Waals surface area contributed by atoms with Gasteiger partial charge in [0.2, 0.25) is 0 Å². The summed E-state index contributed by atoms with van der Waals surface area (Å²) in [5.74, 6) is 6.38. The normalized spacial score (nSPS) is 49.4. The lowest BCUT2D eigenvalue weighted by Gasteiger charge is -2.52. The number of fused-ring (bicyclic) bond motifs is 1. The molecule has 3 saturated carbocycles. The minimum absolute atomic E-state index is 0.812. The maximum atomic E-state index is 2.83. The van der Waals surface area contributed by atoms with Gasteiger partial charge in [-0.05, 0) is 68.2 Å². The van der Waals surface area contributed by atoms with Crippen LogP contribution in [0, 0.1) is 35.5 Å². The third-order valence-electron chi connectivity index (χ3n) is 7.62. The lowest BCUT2D eigenvalue weighted by Crippen LogP contribution is -2.49. The molecule has 5 fully saturated rings. The summed E-state index contributed by atoms with van der Waals surface area (Å²) in [5.41, 5.74) is 0. The molecule has 0 aromatic rings. The fourth-order valence-corrected chi connectivity index (χ4v) is 6.39. The summed E-state index contributed by atoms with van der Waals surface area (Å²) in [5, 5.41) is 0. The van der Waals surface area contributed by atoms with Crippen LogP contribution >= 0.6 is 0 Å². The van der Waals surface area contributed by atoms with Crippen LogP contribution in [-0.2, 0) is 0 Å². The second kappa shape index (κ2) is 4.98. The van der Waals surface area contributed by atoms with E-state index in [1.807, 2.05) is 0 Å². The quantitative estimate of drug-likeness (QED) is 0.782. The predicted octanol–water partition coefficient (Wildman–Crippen LogP) is 2.94. The first-order valence-electron chi connectivity index (χ1n) is 9.19. The number of hydrogen-bond donors (Lipinski definition) is 0. The third kappa shape index (κ3) is 1.83. The maximum absolute atomic E-state index is 2.83. The predicted molar refractivity (Wildman–Crippen MR) is 83.6 cm³/mol. The Hall–Kier alpha value is -0.0800. The fraction of sp³-hybridized carbons (Fsp3) is 1.00. The Morgan fingerprint density at radius 3 is 1.75 bits per heavy atom. The third-order valence-corrected chi connectivity index (χ3v) is 7.62. The molecule has 2 bridgehead atoms. The Kier molecular flexibility index (Phi) is 3.38. The highest BCUT2D eigenvalue weighted by atomic mass is 15.2. The molecule has 114 valence electrons. The molecular weight excluding hydrogens is 244 g/mol. The summed E-state index contributed by atoms with van der Waals surface area (Å²) in [6.07, 6.45) is 4.43. The minimum Gasteiger partial charge on any atom is -0.303 e. The van der Waals surface area contributed by atoms with Crippen LogP contribution in [0.2, 0.25) is 0 Å². The molecule has 0 aromatic heterocycles. The fourth-order valence-electron chi connectivity index (χ4n) is 6.39. The summed E-state index contributed by atoms with van der Waals surface area (Å²) >= 11 is 0. The lowest BCUT2D eigenvalue weighted by atomic mass is 9.52. The van der Waals surface area contributed by atoms with E-state index in [-0.39, 0.29) is 0 Å². The van der Waals surface area contributed by atoms with Gasteiger partial charge in [0.1, 0.15) is 0 Å². The van der Waals surface area contributed by atoms with Crippen LogP contribution in [0.1, 0.15) is 40.0 Å². The van der Waals surface area contributed by atoms with Crippen molar-refractivity contribution in [1.29, 1.82) is 0 Å². The van der Waals surface area contributed by atoms with Crippen molar-refractivity contribution in [3.05, 3.63) is 0 Å². The Labute approximate surface area is 124 Å². The van der Waals surface area contributed by atoms with Gasteiger partial charge >= 0.3 is 0 Å². The van der Waals surface area contributed by atoms with Crippen LogP contribution < -0.4 is 0 Å². The summed E-state index contributed by atoms with van der Waals surface area (Å²) in [6.45, 7) is 14.1. The van der Waals surface area contributed by atoms with E-state index in [4.69, 9.17) is 0 Å². The largest absolute Gasteiger partial charge is 0.303 e. The van der Waals surface area contributed by atoms with E-state index < -0.39 is 0 Å². The first-order valence-corrected chi connectivity index (χ1v) is 9.19. The molecule has 5 rings (SSSR count). The van der Waals surface area contributed by atoms with E-state index in [1.54, 1.807) is 12.8 Å². The Balaban J connectivity index is 1.55. The van der Waals surface area contributed by atoms with Gasteiger partial charge in [0, 0.05) is 32.2 Å². The monoisotopic (exact) mass is 276 g/mol. The maximum Gasteiger partial charge on any atom is 0.00645 e. The van der Waals surface area contributed by atoms with Crippen molar-refractivity contribution in [2.24, 2.45) is 35.5 Å². The molecule has 3 aliphatic carbocycles. The number of nitrogens with zero attached hydrogens (tertiary/aromatic N) is 2. The first-order chi connectivity index (χ1) is 9.72. The van der Waals surface area contributed by atoms with E-state index in [1.165, 1.54) is 39.1 Å². The van der Waals surface area contributed by atoms with Crippen LogP contribution in [0.3, 0.4) is 0 Å². The zero-order chi connectivity index (χ0) is 13.9. The van der Waals surface area contributed by atoms with E-state index in [2.05, 4.69) is 30.6 Å². The van der Waals surface area contributed by atoms with Crippen LogP contribution in [0.15, 0.2) is 0 Å². The van der Waals surface area contributed by atoms with E-state index in [9.17, 15) is 0 Å². The van der Waals surface area contributed by atoms with Crippen LogP contribution in [0.4, 0.5) is 0 Å². The van der Waals surface area contributed by atoms with Crippen molar-refractivity contribution in [3.63, 3.8) is 0 Å². The first kappa shape index (κ1) is 13.6. The van der Waals surface area contributed by atoms with Crippen molar-refractivity contribution >= 4 is 0 Å². The van der Waals surface area contributed by atoms with Crippen LogP contribution in [0.25, 0.3) is 0 Å². The van der Waals surface area contributed by atoms with Crippen LogP contribution in [0.5, 0.6) is 0 Å². The smallest absolute Gasteiger partial charge is 0.00645 e. The highest BCUT2D eigenvalue weighted by molar-refractivity contribution is 5.08. The molecule has 20 heavy (non-hydrogen) atoms. The number of hydrogen-bond acceptors (Lipinski definition) is 2. The SMILES string of the molecule is CCC(C)N1CC2C3CCC(C4CN(CC)CC34)C2C1. The zero-order valence-corrected chi connectivity index (χ0v) is 13.6. The topological polar surface area (TPSA) is 6.48 Å². The Morgan fingerprint density at radius 1 is 0.800 bits per heavy atom. The van der Waals surface area contributed by atoms with Gasteiger partial charge < -0.3 is 9.80 Å². The van der Waals surface area contributed by atoms with Crippen LogP contribution in [-0.4, -0.2) is 48.6 Å². The zero-order valence-electron chi connectivity index (χ0n) is 13.6. The Morgan fingerprint density at radius 2 is 1.30 bits per heavy atom. The molecule has 7 atom stereocenters. The van der Waals surface area contributed by atoms with Gasteiger partial charge in [0.15, 0.2) is 0 Å². The molecule has 0 radical (unpaired) electrons. The van der Waals surface area contributed by atoms with Gasteiger partial charge in [0.05, 0.1) is 0 Å². The summed E-state index contributed by atoms with van der Waals surface area (Å²) < 4.78 is 0. The lowest BCUT2D eigenvalue weighted by molar-refractivity contribution is -0.0289. The molecule has 2 heteroatoms. The second-order valence-electron chi connectivity index (χ2n) is 8.12. The van der Waals surface area contributed by atoms with Crippen molar-refractivity contribution in [3.8, 4) is 0 Å². The van der Waals surface area contributed by atoms with Gasteiger partial charge in [0.25, 0.3) is 0 Å². The van der Waals surface area contributed by atoms with Crippen molar-refractivity contribution in [2.75, 3.05) is 32.7 Å². The summed E-state index contributed by atoms with van der Waals surface area (Å²) in [4.78, 5) is 5.58. The number of likely N-dealkylation sites (tertiary alicyclic amines) is 2. The van der Waals surface area contributed by atoms with E-state index >= 15 is 0 Å². The Bertz CT molecular complexity index is 340. The van der Waals surface area contributed by atoms with Gasteiger partial charge in [-0.3, -0.25) is 0 Å². The van der Waals surface area contributed by atoms with Crippen molar-refractivity contribution in [1.82, 2.24) is 9.80 Å². The second-order valence-corrected chi connectivity index (χ2v) is 8.12. The van der Waals surface area contributed by atoms with Gasteiger partial charge in [-0.1, -0.05) is 13.8 Å². The summed E-state index contributed by atoms with van der Waals surface area (Å²) in [7, 11) is 0. The number of rotatable bonds is 3. The minimum atomic E-state index is 0.812. The molecule has 2 saturated heterocycles. The molecule has 7 unspecified atom stereocenters. The van der Waals surface area contributed by atoms with Crippen molar-refractivity contribution in [2.45, 2.75) is 46.1 Å². The molecule has 5 aliphatic rings. The molecular formula is C18H32N2. The van der Waals surface area contributed by atoms with Gasteiger partial charge in [-0.2, -0.15) is 0 Å². The molecule has 0 spiro atoms. The molecule has 2 nitrogen and oxygen atoms in total. The molecule has 0 amide bonds. The van der Waals surface area contributed by atoms with Crippen molar-refractivity contribution < 1.29 is 0 Å². The molecule has 2 aliphatic heterocycles. The highest BCUT2D eigenvalue weighted by Gasteiger charge is 2.58. The average molecular weight is 276 g/mol. The average Bonchev–Trinajstić information content (AvgIpc) is 3.11. The summed E-state index contributed by atoms with van der Waals surface area (Å²) in [6, 6.07) is 0.812. The molecule has 0 N–H and O–H groups in total.